The molecule has 11 nitrogen and oxygen atoms in total. The molecule has 2 amide bonds. The molecule has 0 fully saturated rings. The van der Waals surface area contributed by atoms with E-state index in [9.17, 15) is 19.8 Å². The molecular formula is C24H35IN2O9. The van der Waals surface area contributed by atoms with Gasteiger partial charge in [0.2, 0.25) is 11.8 Å². The Morgan fingerprint density at radius 2 is 1.89 bits per heavy atom. The van der Waals surface area contributed by atoms with Gasteiger partial charge >= 0.3 is 0 Å². The summed E-state index contributed by atoms with van der Waals surface area (Å²) in [4.78, 5) is 27.4. The lowest BCUT2D eigenvalue weighted by Gasteiger charge is -2.40. The number of rotatable bonds is 14. The lowest BCUT2D eigenvalue weighted by atomic mass is 9.88. The Morgan fingerprint density at radius 3 is 2.50 bits per heavy atom. The Morgan fingerprint density at radius 1 is 1.17 bits per heavy atom. The number of benzene rings is 1. The van der Waals surface area contributed by atoms with Gasteiger partial charge in [0, 0.05) is 39.3 Å². The van der Waals surface area contributed by atoms with Crippen molar-refractivity contribution >= 4 is 34.4 Å². The van der Waals surface area contributed by atoms with Crippen LogP contribution in [0.2, 0.25) is 0 Å². The minimum Gasteiger partial charge on any atom is -0.493 e. The molecule has 12 heteroatoms. The van der Waals surface area contributed by atoms with Gasteiger partial charge < -0.3 is 44.5 Å². The van der Waals surface area contributed by atoms with Crippen molar-refractivity contribution < 1.29 is 43.9 Å². The molecule has 202 valence electrons. The summed E-state index contributed by atoms with van der Waals surface area (Å²) < 4.78 is 22.5. The zero-order valence-corrected chi connectivity index (χ0v) is 22.9. The van der Waals surface area contributed by atoms with Crippen LogP contribution in [0.5, 0.6) is 11.5 Å². The number of nitrogens with zero attached hydrogens (tertiary/aromatic N) is 1. The standard InChI is InChI=1S/C24H35IN2O9/c1-33-8-4-21(30)27(6-9-34-2)18-12-16(24(32)26-5-7-28)13-19(22(18)31)36-23-17(25)10-15(14-29)11-20(23)35-3/h10-11,13,18-19,22,28-29,31H,4-9,12,14H2,1-3H3,(H,26,32)/t18-,19+,22+/m1/s1. The van der Waals surface area contributed by atoms with E-state index in [1.807, 2.05) is 22.6 Å². The van der Waals surface area contributed by atoms with E-state index in [1.165, 1.54) is 32.3 Å². The molecule has 2 rings (SSSR count). The first-order valence-electron chi connectivity index (χ1n) is 11.5. The van der Waals surface area contributed by atoms with E-state index in [0.29, 0.717) is 26.2 Å². The van der Waals surface area contributed by atoms with E-state index in [1.54, 1.807) is 12.1 Å². The van der Waals surface area contributed by atoms with Crippen molar-refractivity contribution in [2.24, 2.45) is 0 Å². The van der Waals surface area contributed by atoms with Crippen LogP contribution in [0.15, 0.2) is 23.8 Å². The zero-order valence-electron chi connectivity index (χ0n) is 20.7. The molecule has 1 aliphatic carbocycles. The van der Waals surface area contributed by atoms with Gasteiger partial charge in [-0.25, -0.2) is 0 Å². The molecule has 3 atom stereocenters. The number of amides is 2. The zero-order chi connectivity index (χ0) is 26.7. The smallest absolute Gasteiger partial charge is 0.247 e. The maximum absolute atomic E-state index is 13.0. The predicted octanol–water partition coefficient (Wildman–Crippen LogP) is 0.219. The number of hydrogen-bond acceptors (Lipinski definition) is 9. The SMILES string of the molecule is COCCC(=O)N(CCOC)[C@@H]1CC(C(=O)NCCO)=C[C@H](Oc2c(I)cc(CO)cc2OC)[C@H]1O. The van der Waals surface area contributed by atoms with E-state index in [0.717, 1.165) is 0 Å². The Hall–Kier alpha value is -1.97. The lowest BCUT2D eigenvalue weighted by molar-refractivity contribution is -0.140. The van der Waals surface area contributed by atoms with Gasteiger partial charge in [-0.3, -0.25) is 9.59 Å². The van der Waals surface area contributed by atoms with E-state index in [2.05, 4.69) is 5.32 Å². The normalized spacial score (nSPS) is 19.4. The summed E-state index contributed by atoms with van der Waals surface area (Å²) in [6.07, 6.45) is -0.475. The first kappa shape index (κ1) is 30.3. The molecule has 0 heterocycles. The maximum Gasteiger partial charge on any atom is 0.247 e. The van der Waals surface area contributed by atoms with Crippen molar-refractivity contribution in [1.82, 2.24) is 10.2 Å². The second kappa shape index (κ2) is 15.3. The molecule has 0 saturated carbocycles. The van der Waals surface area contributed by atoms with Crippen LogP contribution >= 0.6 is 22.6 Å². The minimum absolute atomic E-state index is 0.0589. The lowest BCUT2D eigenvalue weighted by Crippen LogP contribution is -2.56. The number of methoxy groups -OCH3 is 3. The number of aliphatic hydroxyl groups is 3. The molecular weight excluding hydrogens is 587 g/mol. The average molecular weight is 622 g/mol. The number of carbonyl (C=O) groups excluding carboxylic acids is 2. The van der Waals surface area contributed by atoms with Crippen molar-refractivity contribution in [3.8, 4) is 11.5 Å². The van der Waals surface area contributed by atoms with Gasteiger partial charge in [-0.15, -0.1) is 0 Å². The second-order valence-electron chi connectivity index (χ2n) is 8.11. The maximum atomic E-state index is 13.0. The number of aliphatic hydroxyl groups excluding tert-OH is 3. The summed E-state index contributed by atoms with van der Waals surface area (Å²) in [5.74, 6) is 0.00364. The van der Waals surface area contributed by atoms with Crippen LogP contribution in [0.4, 0.5) is 0 Å². The van der Waals surface area contributed by atoms with Crippen molar-refractivity contribution in [1.29, 1.82) is 0 Å². The molecule has 4 N–H and O–H groups in total. The van der Waals surface area contributed by atoms with Crippen molar-refractivity contribution in [2.45, 2.75) is 37.7 Å². The van der Waals surface area contributed by atoms with Crippen LogP contribution in [-0.2, 0) is 25.7 Å². The van der Waals surface area contributed by atoms with Crippen molar-refractivity contribution in [3.05, 3.63) is 32.9 Å². The number of hydrogen-bond donors (Lipinski definition) is 4. The molecule has 36 heavy (non-hydrogen) atoms. The predicted molar refractivity (Wildman–Crippen MR) is 139 cm³/mol. The highest BCUT2D eigenvalue weighted by molar-refractivity contribution is 14.1. The number of nitrogens with one attached hydrogen (secondary N) is 1. The molecule has 1 aliphatic rings. The minimum atomic E-state index is -1.18. The van der Waals surface area contributed by atoms with Crippen molar-refractivity contribution in [3.63, 3.8) is 0 Å². The van der Waals surface area contributed by atoms with Crippen LogP contribution in [0, 0.1) is 3.57 Å². The summed E-state index contributed by atoms with van der Waals surface area (Å²) in [6.45, 7) is 0.282. The summed E-state index contributed by atoms with van der Waals surface area (Å²) in [5.41, 5.74) is 0.937. The van der Waals surface area contributed by atoms with E-state index in [-0.39, 0.29) is 58.3 Å². The molecule has 0 aliphatic heterocycles. The summed E-state index contributed by atoms with van der Waals surface area (Å²) in [6, 6.07) is 2.57. The topological polar surface area (TPSA) is 147 Å². The Kier molecular flexibility index (Phi) is 12.9. The molecule has 0 saturated heterocycles. The molecule has 0 aromatic heterocycles. The van der Waals surface area contributed by atoms with Gasteiger partial charge in [0.1, 0.15) is 12.2 Å². The Bertz CT molecular complexity index is 912. The van der Waals surface area contributed by atoms with E-state index in [4.69, 9.17) is 24.1 Å². The molecule has 0 bridgehead atoms. The quantitative estimate of drug-likeness (QED) is 0.214. The van der Waals surface area contributed by atoms with Crippen LogP contribution in [0.3, 0.4) is 0 Å². The van der Waals surface area contributed by atoms with Crippen LogP contribution < -0.4 is 14.8 Å². The first-order chi connectivity index (χ1) is 17.3. The van der Waals surface area contributed by atoms with Gasteiger partial charge in [0.25, 0.3) is 0 Å². The fraction of sp³-hybridized carbons (Fsp3) is 0.583. The van der Waals surface area contributed by atoms with Crippen LogP contribution in [0.25, 0.3) is 0 Å². The molecule has 0 spiro atoms. The molecule has 1 aromatic carbocycles. The third-order valence-electron chi connectivity index (χ3n) is 5.72. The van der Waals surface area contributed by atoms with Gasteiger partial charge in [-0.1, -0.05) is 0 Å². The molecule has 1 aromatic rings. The highest BCUT2D eigenvalue weighted by Gasteiger charge is 2.40. The number of ether oxygens (including phenoxy) is 4. The third kappa shape index (κ3) is 8.02. The van der Waals surface area contributed by atoms with Gasteiger partial charge in [0.05, 0.1) is 49.6 Å². The largest absolute Gasteiger partial charge is 0.493 e. The number of carbonyl (C=O) groups is 2. The average Bonchev–Trinajstić information content (AvgIpc) is 2.88. The van der Waals surface area contributed by atoms with Crippen LogP contribution in [-0.4, -0.2) is 105 Å². The summed E-state index contributed by atoms with van der Waals surface area (Å²) >= 11 is 2.04. The van der Waals surface area contributed by atoms with Gasteiger partial charge in [-0.2, -0.15) is 0 Å². The monoisotopic (exact) mass is 622 g/mol. The second-order valence-corrected chi connectivity index (χ2v) is 9.27. The highest BCUT2D eigenvalue weighted by Crippen LogP contribution is 2.37. The fourth-order valence-corrected chi connectivity index (χ4v) is 4.69. The van der Waals surface area contributed by atoms with E-state index >= 15 is 0 Å². The summed E-state index contributed by atoms with van der Waals surface area (Å²) in [7, 11) is 4.47. The first-order valence-corrected chi connectivity index (χ1v) is 12.6. The molecule has 0 radical (unpaired) electrons. The van der Waals surface area contributed by atoms with Crippen LogP contribution in [0.1, 0.15) is 18.4 Å². The Labute approximate surface area is 224 Å². The van der Waals surface area contributed by atoms with Crippen molar-refractivity contribution in [2.75, 3.05) is 54.2 Å². The Balaban J connectivity index is 2.47. The summed E-state index contributed by atoms with van der Waals surface area (Å²) in [5, 5.41) is 32.6. The van der Waals surface area contributed by atoms with Gasteiger partial charge in [-0.05, 0) is 46.4 Å². The van der Waals surface area contributed by atoms with E-state index < -0.39 is 24.2 Å². The third-order valence-corrected chi connectivity index (χ3v) is 6.52. The molecule has 0 unspecified atom stereocenters. The van der Waals surface area contributed by atoms with Gasteiger partial charge in [0.15, 0.2) is 11.5 Å². The number of halogens is 1. The fourth-order valence-electron chi connectivity index (χ4n) is 3.89. The highest BCUT2D eigenvalue weighted by atomic mass is 127.